The molecule has 6 heteroatoms. The quantitative estimate of drug-likeness (QED) is 0.499. The SMILES string of the molecule is COC(=O)[C@H](c1ccccc1Cl)N1CCC(S)/C(=C\C#CO)C1. The third-order valence-corrected chi connectivity index (χ3v) is 4.75. The number of carbonyl (C=O) groups is 1. The van der Waals surface area contributed by atoms with Crippen LogP contribution in [0.1, 0.15) is 18.0 Å². The van der Waals surface area contributed by atoms with Gasteiger partial charge < -0.3 is 9.84 Å². The van der Waals surface area contributed by atoms with Crippen LogP contribution < -0.4 is 0 Å². The zero-order chi connectivity index (χ0) is 16.8. The highest BCUT2D eigenvalue weighted by molar-refractivity contribution is 7.81. The van der Waals surface area contributed by atoms with E-state index in [1.54, 1.807) is 12.1 Å². The van der Waals surface area contributed by atoms with Gasteiger partial charge >= 0.3 is 5.97 Å². The number of benzene rings is 1. The third kappa shape index (κ3) is 4.23. The largest absolute Gasteiger partial charge is 0.468 e. The summed E-state index contributed by atoms with van der Waals surface area (Å²) in [6, 6.07) is 6.67. The summed E-state index contributed by atoms with van der Waals surface area (Å²) in [6.45, 7) is 1.19. The second-order valence-corrected chi connectivity index (χ2v) is 6.23. The van der Waals surface area contributed by atoms with Crippen molar-refractivity contribution < 1.29 is 14.6 Å². The van der Waals surface area contributed by atoms with E-state index in [0.29, 0.717) is 23.7 Å². The van der Waals surface area contributed by atoms with Gasteiger partial charge in [0.05, 0.1) is 7.11 Å². The molecule has 1 N–H and O–H groups in total. The minimum atomic E-state index is -0.583. The van der Waals surface area contributed by atoms with Crippen LogP contribution in [0.2, 0.25) is 5.02 Å². The number of rotatable bonds is 3. The molecule has 0 bridgehead atoms. The Morgan fingerprint density at radius 3 is 2.96 bits per heavy atom. The molecule has 1 unspecified atom stereocenters. The molecule has 122 valence electrons. The number of carbonyl (C=O) groups excluding carboxylic acids is 1. The third-order valence-electron chi connectivity index (χ3n) is 3.81. The van der Waals surface area contributed by atoms with Gasteiger partial charge in [-0.15, -0.1) is 0 Å². The van der Waals surface area contributed by atoms with Crippen molar-refractivity contribution in [2.24, 2.45) is 0 Å². The van der Waals surface area contributed by atoms with Crippen LogP contribution in [0, 0.1) is 12.0 Å². The van der Waals surface area contributed by atoms with E-state index in [1.165, 1.54) is 7.11 Å². The van der Waals surface area contributed by atoms with Gasteiger partial charge in [0.25, 0.3) is 0 Å². The van der Waals surface area contributed by atoms with E-state index >= 15 is 0 Å². The Morgan fingerprint density at radius 1 is 1.57 bits per heavy atom. The normalized spacial score (nSPS) is 21.3. The predicted molar refractivity (Wildman–Crippen MR) is 93.0 cm³/mol. The highest BCUT2D eigenvalue weighted by Gasteiger charge is 2.34. The monoisotopic (exact) mass is 351 g/mol. The Balaban J connectivity index is 2.34. The lowest BCUT2D eigenvalue weighted by atomic mass is 9.98. The lowest BCUT2D eigenvalue weighted by molar-refractivity contribution is -0.147. The predicted octanol–water partition coefficient (Wildman–Crippen LogP) is 2.82. The van der Waals surface area contributed by atoms with E-state index in [4.69, 9.17) is 21.4 Å². The first-order valence-corrected chi connectivity index (χ1v) is 8.05. The van der Waals surface area contributed by atoms with Crippen molar-refractivity contribution in [2.75, 3.05) is 20.2 Å². The van der Waals surface area contributed by atoms with Crippen LogP contribution >= 0.6 is 24.2 Å². The van der Waals surface area contributed by atoms with Gasteiger partial charge in [0.2, 0.25) is 0 Å². The Hall–Kier alpha value is -1.61. The molecule has 1 aliphatic heterocycles. The molecule has 2 atom stereocenters. The maximum atomic E-state index is 12.3. The van der Waals surface area contributed by atoms with Gasteiger partial charge in [0, 0.05) is 23.4 Å². The second kappa shape index (κ2) is 8.30. The summed E-state index contributed by atoms with van der Waals surface area (Å²) in [5.41, 5.74) is 1.66. The van der Waals surface area contributed by atoms with Crippen molar-refractivity contribution in [3.05, 3.63) is 46.5 Å². The summed E-state index contributed by atoms with van der Waals surface area (Å²) in [7, 11) is 1.37. The molecule has 0 radical (unpaired) electrons. The van der Waals surface area contributed by atoms with Crippen molar-refractivity contribution in [1.82, 2.24) is 4.90 Å². The van der Waals surface area contributed by atoms with Crippen LogP contribution in [0.25, 0.3) is 0 Å². The van der Waals surface area contributed by atoms with Crippen LogP contribution in [0.5, 0.6) is 0 Å². The molecule has 2 rings (SSSR count). The van der Waals surface area contributed by atoms with Crippen LogP contribution in [0.4, 0.5) is 0 Å². The number of methoxy groups -OCH3 is 1. The molecule has 1 heterocycles. The summed E-state index contributed by atoms with van der Waals surface area (Å²) >= 11 is 10.8. The van der Waals surface area contributed by atoms with Gasteiger partial charge in [-0.3, -0.25) is 4.90 Å². The van der Waals surface area contributed by atoms with E-state index in [2.05, 4.69) is 18.5 Å². The Kier molecular flexibility index (Phi) is 6.40. The number of hydrogen-bond donors (Lipinski definition) is 2. The number of hydrogen-bond acceptors (Lipinski definition) is 5. The first-order chi connectivity index (χ1) is 11.1. The summed E-state index contributed by atoms with van der Waals surface area (Å²) in [5.74, 6) is 2.17. The summed E-state index contributed by atoms with van der Waals surface area (Å²) in [4.78, 5) is 14.3. The van der Waals surface area contributed by atoms with Gasteiger partial charge in [-0.05, 0) is 35.6 Å². The molecule has 1 aromatic carbocycles. The minimum absolute atomic E-state index is 0.0524. The number of allylic oxidation sites excluding steroid dienone is 1. The number of thiol groups is 1. The van der Waals surface area contributed by atoms with Crippen LogP contribution in [-0.4, -0.2) is 41.4 Å². The Bertz CT molecular complexity index is 665. The topological polar surface area (TPSA) is 49.8 Å². The molecular formula is C17H18ClNO3S. The number of piperidine rings is 1. The average molecular weight is 352 g/mol. The average Bonchev–Trinajstić information content (AvgIpc) is 2.56. The number of nitrogens with zero attached hydrogens (tertiary/aromatic N) is 1. The maximum absolute atomic E-state index is 12.3. The molecule has 0 saturated carbocycles. The van der Waals surface area contributed by atoms with Crippen LogP contribution in [0.15, 0.2) is 35.9 Å². The zero-order valence-electron chi connectivity index (χ0n) is 12.7. The molecule has 1 saturated heterocycles. The van der Waals surface area contributed by atoms with E-state index < -0.39 is 6.04 Å². The summed E-state index contributed by atoms with van der Waals surface area (Å²) in [5, 5.41) is 9.24. The lowest BCUT2D eigenvalue weighted by Gasteiger charge is -2.36. The number of esters is 1. The lowest BCUT2D eigenvalue weighted by Crippen LogP contribution is -2.42. The summed E-state index contributed by atoms with van der Waals surface area (Å²) in [6.07, 6.45) is 4.27. The Labute approximate surface area is 146 Å². The van der Waals surface area contributed by atoms with Gasteiger partial charge in [0.1, 0.15) is 12.1 Å². The number of aliphatic hydroxyl groups excluding tert-OH is 1. The number of ether oxygens (including phenoxy) is 1. The van der Waals surface area contributed by atoms with E-state index in [0.717, 1.165) is 12.0 Å². The second-order valence-electron chi connectivity index (χ2n) is 5.20. The molecule has 0 aromatic heterocycles. The minimum Gasteiger partial charge on any atom is -0.468 e. The first kappa shape index (κ1) is 17.7. The molecule has 0 spiro atoms. The molecule has 1 aliphatic rings. The molecule has 1 aromatic rings. The van der Waals surface area contributed by atoms with E-state index in [1.807, 2.05) is 29.2 Å². The fourth-order valence-electron chi connectivity index (χ4n) is 2.66. The maximum Gasteiger partial charge on any atom is 0.327 e. The fourth-order valence-corrected chi connectivity index (χ4v) is 3.17. The number of aliphatic hydroxyl groups is 1. The number of halogens is 1. The molecular weight excluding hydrogens is 334 g/mol. The Morgan fingerprint density at radius 2 is 2.30 bits per heavy atom. The van der Waals surface area contributed by atoms with E-state index in [9.17, 15) is 4.79 Å². The summed E-state index contributed by atoms with van der Waals surface area (Å²) < 4.78 is 4.97. The van der Waals surface area contributed by atoms with E-state index in [-0.39, 0.29) is 11.2 Å². The van der Waals surface area contributed by atoms with Crippen molar-refractivity contribution in [2.45, 2.75) is 17.7 Å². The highest BCUT2D eigenvalue weighted by Crippen LogP contribution is 2.33. The van der Waals surface area contributed by atoms with Gasteiger partial charge in [-0.1, -0.05) is 29.8 Å². The smallest absolute Gasteiger partial charge is 0.327 e. The van der Waals surface area contributed by atoms with Crippen molar-refractivity contribution in [3.8, 4) is 12.0 Å². The fraction of sp³-hybridized carbons (Fsp3) is 0.353. The highest BCUT2D eigenvalue weighted by atomic mass is 35.5. The van der Waals surface area contributed by atoms with Crippen molar-refractivity contribution >= 4 is 30.2 Å². The standard InChI is InChI=1S/C17H18ClNO3S/c1-22-17(21)16(13-6-2-3-7-14(13)18)19-9-8-15(23)12(11-19)5-4-10-20/h2-3,5-7,15-16,20,23H,8-9,11H2,1H3/b12-5-/t15?,16-/m0/s1. The van der Waals surface area contributed by atoms with Crippen LogP contribution in [-0.2, 0) is 9.53 Å². The molecule has 23 heavy (non-hydrogen) atoms. The van der Waals surface area contributed by atoms with Crippen molar-refractivity contribution in [1.29, 1.82) is 0 Å². The molecule has 0 aliphatic carbocycles. The van der Waals surface area contributed by atoms with Gasteiger partial charge in [-0.2, -0.15) is 12.6 Å². The zero-order valence-corrected chi connectivity index (χ0v) is 14.3. The number of likely N-dealkylation sites (tertiary alicyclic amines) is 1. The first-order valence-electron chi connectivity index (χ1n) is 7.16. The molecule has 1 fully saturated rings. The van der Waals surface area contributed by atoms with Gasteiger partial charge in [0.15, 0.2) is 0 Å². The molecule has 0 amide bonds. The van der Waals surface area contributed by atoms with Crippen LogP contribution in [0.3, 0.4) is 0 Å². The van der Waals surface area contributed by atoms with Gasteiger partial charge in [-0.25, -0.2) is 4.79 Å². The molecule has 4 nitrogen and oxygen atoms in total. The van der Waals surface area contributed by atoms with Crippen molar-refractivity contribution in [3.63, 3.8) is 0 Å².